The van der Waals surface area contributed by atoms with E-state index in [1.54, 1.807) is 6.07 Å². The fraction of sp³-hybridized carbons (Fsp3) is 0.231. The number of furan rings is 1. The number of nitrogens with one attached hydrogen (secondary N) is 1. The van der Waals surface area contributed by atoms with Gasteiger partial charge >= 0.3 is 0 Å². The predicted molar refractivity (Wildman–Crippen MR) is 67.0 cm³/mol. The fourth-order valence-electron chi connectivity index (χ4n) is 1.72. The van der Waals surface area contributed by atoms with E-state index in [4.69, 9.17) is 16.0 Å². The second kappa shape index (κ2) is 4.62. The van der Waals surface area contributed by atoms with Gasteiger partial charge in [0.2, 0.25) is 0 Å². The van der Waals surface area contributed by atoms with E-state index >= 15 is 0 Å². The fourth-order valence-corrected chi connectivity index (χ4v) is 1.88. The number of halogens is 1. The highest BCUT2D eigenvalue weighted by atomic mass is 35.5. The van der Waals surface area contributed by atoms with Gasteiger partial charge in [-0.15, -0.1) is 0 Å². The number of aryl methyl sites for hydroxylation is 2. The number of anilines is 1. The van der Waals surface area contributed by atoms with Crippen LogP contribution in [0.4, 0.5) is 5.69 Å². The summed E-state index contributed by atoms with van der Waals surface area (Å²) in [7, 11) is 0. The summed E-state index contributed by atoms with van der Waals surface area (Å²) < 4.78 is 5.29. The molecule has 1 aromatic carbocycles. The van der Waals surface area contributed by atoms with Crippen LogP contribution in [0.2, 0.25) is 5.22 Å². The van der Waals surface area contributed by atoms with Gasteiger partial charge in [0.25, 0.3) is 0 Å². The van der Waals surface area contributed by atoms with Crippen LogP contribution in [0.1, 0.15) is 16.9 Å². The maximum atomic E-state index is 5.71. The van der Waals surface area contributed by atoms with Gasteiger partial charge in [0, 0.05) is 5.69 Å². The molecule has 0 spiro atoms. The van der Waals surface area contributed by atoms with Crippen molar-refractivity contribution >= 4 is 17.3 Å². The molecular weight excluding hydrogens is 222 g/mol. The summed E-state index contributed by atoms with van der Waals surface area (Å²) in [5, 5.41) is 3.79. The van der Waals surface area contributed by atoms with Gasteiger partial charge < -0.3 is 9.73 Å². The zero-order valence-electron chi connectivity index (χ0n) is 9.38. The minimum atomic E-state index is 0.429. The minimum Gasteiger partial charge on any atom is -0.448 e. The average molecular weight is 236 g/mol. The van der Waals surface area contributed by atoms with Gasteiger partial charge in [-0.2, -0.15) is 0 Å². The first kappa shape index (κ1) is 11.1. The lowest BCUT2D eigenvalue weighted by Crippen LogP contribution is -2.01. The molecule has 0 aliphatic heterocycles. The number of rotatable bonds is 3. The second-order valence-electron chi connectivity index (χ2n) is 3.83. The SMILES string of the molecule is Cc1cccc(C)c1NCc1ccc(Cl)o1. The van der Waals surface area contributed by atoms with Gasteiger partial charge in [0.1, 0.15) is 5.76 Å². The van der Waals surface area contributed by atoms with Crippen molar-refractivity contribution in [3.05, 3.63) is 52.4 Å². The predicted octanol–water partition coefficient (Wildman–Crippen LogP) is 4.16. The Bertz CT molecular complexity index is 470. The summed E-state index contributed by atoms with van der Waals surface area (Å²) in [6.07, 6.45) is 0. The van der Waals surface area contributed by atoms with E-state index in [0.29, 0.717) is 11.8 Å². The molecule has 0 aliphatic rings. The molecule has 0 saturated carbocycles. The molecule has 2 nitrogen and oxygen atoms in total. The van der Waals surface area contributed by atoms with Crippen LogP contribution in [0.15, 0.2) is 34.7 Å². The highest BCUT2D eigenvalue weighted by Crippen LogP contribution is 2.21. The standard InChI is InChI=1S/C13H14ClNO/c1-9-4-3-5-10(2)13(9)15-8-11-6-7-12(14)16-11/h3-7,15H,8H2,1-2H3. The number of hydrogen-bond acceptors (Lipinski definition) is 2. The molecule has 1 N–H and O–H groups in total. The Morgan fingerprint density at radius 2 is 1.81 bits per heavy atom. The van der Waals surface area contributed by atoms with Crippen molar-refractivity contribution in [3.8, 4) is 0 Å². The second-order valence-corrected chi connectivity index (χ2v) is 4.20. The monoisotopic (exact) mass is 235 g/mol. The number of hydrogen-bond donors (Lipinski definition) is 1. The first-order valence-corrected chi connectivity index (χ1v) is 5.59. The lowest BCUT2D eigenvalue weighted by Gasteiger charge is -2.11. The van der Waals surface area contributed by atoms with E-state index in [1.807, 2.05) is 6.07 Å². The first-order valence-electron chi connectivity index (χ1n) is 5.21. The molecule has 2 rings (SSSR count). The third-order valence-electron chi connectivity index (χ3n) is 2.55. The summed E-state index contributed by atoms with van der Waals surface area (Å²) in [5.74, 6) is 0.840. The van der Waals surface area contributed by atoms with Crippen LogP contribution >= 0.6 is 11.6 Å². The zero-order chi connectivity index (χ0) is 11.5. The van der Waals surface area contributed by atoms with Crippen LogP contribution in [0.25, 0.3) is 0 Å². The molecule has 16 heavy (non-hydrogen) atoms. The van der Waals surface area contributed by atoms with Crippen LogP contribution in [-0.2, 0) is 6.54 Å². The first-order chi connectivity index (χ1) is 7.66. The molecule has 0 amide bonds. The summed E-state index contributed by atoms with van der Waals surface area (Å²) >= 11 is 5.71. The van der Waals surface area contributed by atoms with Crippen LogP contribution in [-0.4, -0.2) is 0 Å². The van der Waals surface area contributed by atoms with Crippen molar-refractivity contribution in [2.24, 2.45) is 0 Å². The Kier molecular flexibility index (Phi) is 3.20. The smallest absolute Gasteiger partial charge is 0.193 e. The van der Waals surface area contributed by atoms with Crippen molar-refractivity contribution < 1.29 is 4.42 Å². The zero-order valence-corrected chi connectivity index (χ0v) is 10.1. The minimum absolute atomic E-state index is 0.429. The third kappa shape index (κ3) is 2.39. The third-order valence-corrected chi connectivity index (χ3v) is 2.75. The number of para-hydroxylation sites is 1. The van der Waals surface area contributed by atoms with Crippen LogP contribution in [0.3, 0.4) is 0 Å². The molecule has 3 heteroatoms. The van der Waals surface area contributed by atoms with E-state index in [0.717, 1.165) is 11.4 Å². The molecule has 0 unspecified atom stereocenters. The van der Waals surface area contributed by atoms with Crippen molar-refractivity contribution in [1.29, 1.82) is 0 Å². The Hall–Kier alpha value is -1.41. The molecule has 0 fully saturated rings. The van der Waals surface area contributed by atoms with Gasteiger partial charge in [0.05, 0.1) is 6.54 Å². The van der Waals surface area contributed by atoms with Gasteiger partial charge in [-0.25, -0.2) is 0 Å². The van der Waals surface area contributed by atoms with Crippen LogP contribution in [0.5, 0.6) is 0 Å². The Morgan fingerprint density at radius 1 is 1.12 bits per heavy atom. The highest BCUT2D eigenvalue weighted by Gasteiger charge is 2.03. The normalized spacial score (nSPS) is 10.4. The van der Waals surface area contributed by atoms with Crippen LogP contribution < -0.4 is 5.32 Å². The van der Waals surface area contributed by atoms with E-state index in [-0.39, 0.29) is 0 Å². The largest absolute Gasteiger partial charge is 0.448 e. The summed E-state index contributed by atoms with van der Waals surface area (Å²) in [6.45, 7) is 4.83. The van der Waals surface area contributed by atoms with Gasteiger partial charge in [-0.3, -0.25) is 0 Å². The summed E-state index contributed by atoms with van der Waals surface area (Å²) in [5.41, 5.74) is 3.63. The Labute approximate surface area is 100 Å². The van der Waals surface area contributed by atoms with Gasteiger partial charge in [-0.05, 0) is 48.7 Å². The molecule has 1 heterocycles. The highest BCUT2D eigenvalue weighted by molar-refractivity contribution is 6.28. The molecule has 0 bridgehead atoms. The van der Waals surface area contributed by atoms with Gasteiger partial charge in [-0.1, -0.05) is 18.2 Å². The molecule has 0 radical (unpaired) electrons. The Morgan fingerprint density at radius 3 is 2.38 bits per heavy atom. The average Bonchev–Trinajstić information content (AvgIpc) is 2.63. The van der Waals surface area contributed by atoms with E-state index in [9.17, 15) is 0 Å². The molecule has 0 atom stereocenters. The molecule has 0 aliphatic carbocycles. The lowest BCUT2D eigenvalue weighted by molar-refractivity contribution is 0.520. The molecular formula is C13H14ClNO. The quantitative estimate of drug-likeness (QED) is 0.864. The van der Waals surface area contributed by atoms with Crippen molar-refractivity contribution in [2.45, 2.75) is 20.4 Å². The van der Waals surface area contributed by atoms with E-state index < -0.39 is 0 Å². The molecule has 0 saturated heterocycles. The van der Waals surface area contributed by atoms with Gasteiger partial charge in [0.15, 0.2) is 5.22 Å². The topological polar surface area (TPSA) is 25.2 Å². The molecule has 2 aromatic rings. The maximum Gasteiger partial charge on any atom is 0.193 e. The number of benzene rings is 1. The summed E-state index contributed by atoms with van der Waals surface area (Å²) in [6, 6.07) is 9.86. The molecule has 84 valence electrons. The van der Waals surface area contributed by atoms with Crippen molar-refractivity contribution in [3.63, 3.8) is 0 Å². The Balaban J connectivity index is 2.10. The lowest BCUT2D eigenvalue weighted by atomic mass is 10.1. The van der Waals surface area contributed by atoms with E-state index in [2.05, 4.69) is 37.4 Å². The molecule has 1 aromatic heterocycles. The maximum absolute atomic E-state index is 5.71. The van der Waals surface area contributed by atoms with Crippen molar-refractivity contribution in [2.75, 3.05) is 5.32 Å². The van der Waals surface area contributed by atoms with E-state index in [1.165, 1.54) is 11.1 Å². The van der Waals surface area contributed by atoms with Crippen molar-refractivity contribution in [1.82, 2.24) is 0 Å². The summed E-state index contributed by atoms with van der Waals surface area (Å²) in [4.78, 5) is 0. The van der Waals surface area contributed by atoms with Crippen LogP contribution in [0, 0.1) is 13.8 Å².